The minimum atomic E-state index is -0.481. The molecule has 1 atom stereocenters. The van der Waals surface area contributed by atoms with Crippen molar-refractivity contribution < 1.29 is 4.79 Å². The molecule has 2 N–H and O–H groups in total. The summed E-state index contributed by atoms with van der Waals surface area (Å²) in [5.74, 6) is 0.895. The number of benzene rings is 1. The number of rotatable bonds is 6. The molecule has 2 aromatic rings. The van der Waals surface area contributed by atoms with Crippen LogP contribution in [-0.4, -0.2) is 29.9 Å². The third-order valence-electron chi connectivity index (χ3n) is 7.33. The highest BCUT2D eigenvalue weighted by atomic mass is 35.5. The van der Waals surface area contributed by atoms with E-state index in [2.05, 4.69) is 17.5 Å². The molecule has 2 fully saturated rings. The summed E-state index contributed by atoms with van der Waals surface area (Å²) in [6.07, 6.45) is 10.8. The molecule has 1 aromatic heterocycles. The normalized spacial score (nSPS) is 20.8. The van der Waals surface area contributed by atoms with Gasteiger partial charge in [0, 0.05) is 23.0 Å². The van der Waals surface area contributed by atoms with Crippen molar-refractivity contribution in [3.63, 3.8) is 0 Å². The average Bonchev–Trinajstić information content (AvgIpc) is 3.29. The molecule has 1 aliphatic carbocycles. The summed E-state index contributed by atoms with van der Waals surface area (Å²) in [6.45, 7) is 1.68. The van der Waals surface area contributed by atoms with Gasteiger partial charge < -0.3 is 10.6 Å². The predicted octanol–water partition coefficient (Wildman–Crippen LogP) is 5.70. The largest absolute Gasteiger partial charge is 0.341 e. The third kappa shape index (κ3) is 5.09. The first-order valence-corrected chi connectivity index (χ1v) is 12.6. The number of piperidine rings is 1. The topological polar surface area (TPSA) is 46.3 Å². The number of hydrogen-bond donors (Lipinski definition) is 1. The second kappa shape index (κ2) is 9.84. The van der Waals surface area contributed by atoms with Crippen LogP contribution >= 0.6 is 22.9 Å². The van der Waals surface area contributed by atoms with Crippen molar-refractivity contribution in [3.05, 3.63) is 57.2 Å². The van der Waals surface area contributed by atoms with E-state index in [4.69, 9.17) is 17.3 Å². The van der Waals surface area contributed by atoms with Crippen LogP contribution < -0.4 is 5.73 Å². The molecule has 2 aliphatic rings. The Morgan fingerprint density at radius 3 is 2.47 bits per heavy atom. The van der Waals surface area contributed by atoms with Gasteiger partial charge in [0.05, 0.1) is 6.04 Å². The molecule has 4 rings (SSSR count). The van der Waals surface area contributed by atoms with Crippen LogP contribution in [0.25, 0.3) is 0 Å². The summed E-state index contributed by atoms with van der Waals surface area (Å²) in [5.41, 5.74) is 7.73. The maximum atomic E-state index is 13.1. The Morgan fingerprint density at radius 2 is 1.83 bits per heavy atom. The fourth-order valence-electron chi connectivity index (χ4n) is 5.57. The number of hydrogen-bond acceptors (Lipinski definition) is 3. The van der Waals surface area contributed by atoms with E-state index in [0.717, 1.165) is 37.4 Å². The SMILES string of the molecule is NC(Cc1ccc(Cl)cc1)C(=O)N1CCC(Cc2cccs2)(C2CCCCC2)CC1. The molecule has 1 amide bonds. The van der Waals surface area contributed by atoms with Crippen molar-refractivity contribution in [2.75, 3.05) is 13.1 Å². The molecular weight excluding hydrogens is 412 g/mol. The van der Waals surface area contributed by atoms with Crippen LogP contribution in [0.5, 0.6) is 0 Å². The van der Waals surface area contributed by atoms with Gasteiger partial charge in [-0.05, 0) is 79.0 Å². The van der Waals surface area contributed by atoms with Gasteiger partial charge in [-0.25, -0.2) is 0 Å². The molecule has 1 saturated carbocycles. The lowest BCUT2D eigenvalue weighted by atomic mass is 9.62. The maximum Gasteiger partial charge on any atom is 0.239 e. The van der Waals surface area contributed by atoms with Crippen LogP contribution in [0, 0.1) is 11.3 Å². The minimum Gasteiger partial charge on any atom is -0.341 e. The third-order valence-corrected chi connectivity index (χ3v) is 8.46. The molecule has 0 bridgehead atoms. The lowest BCUT2D eigenvalue weighted by Gasteiger charge is -2.48. The quantitative estimate of drug-likeness (QED) is 0.620. The maximum absolute atomic E-state index is 13.1. The summed E-state index contributed by atoms with van der Waals surface area (Å²) in [7, 11) is 0. The second-order valence-electron chi connectivity index (χ2n) is 9.22. The van der Waals surface area contributed by atoms with Crippen LogP contribution in [0.1, 0.15) is 55.4 Å². The van der Waals surface area contributed by atoms with Crippen molar-refractivity contribution in [1.29, 1.82) is 0 Å². The highest BCUT2D eigenvalue weighted by Gasteiger charge is 2.43. The van der Waals surface area contributed by atoms with Crippen LogP contribution in [0.3, 0.4) is 0 Å². The monoisotopic (exact) mass is 444 g/mol. The average molecular weight is 445 g/mol. The Labute approximate surface area is 189 Å². The van der Waals surface area contributed by atoms with Gasteiger partial charge in [-0.15, -0.1) is 11.3 Å². The minimum absolute atomic E-state index is 0.0957. The lowest BCUT2D eigenvalue weighted by Crippen LogP contribution is -2.52. The first-order valence-electron chi connectivity index (χ1n) is 11.4. The zero-order chi connectivity index (χ0) is 21.0. The Bertz CT molecular complexity index is 806. The van der Waals surface area contributed by atoms with E-state index in [1.807, 2.05) is 40.5 Å². The summed E-state index contributed by atoms with van der Waals surface area (Å²) < 4.78 is 0. The molecule has 2 heterocycles. The van der Waals surface area contributed by atoms with Crippen LogP contribution in [0.2, 0.25) is 5.02 Å². The smallest absolute Gasteiger partial charge is 0.239 e. The van der Waals surface area contributed by atoms with E-state index in [1.54, 1.807) is 0 Å². The summed E-state index contributed by atoms with van der Waals surface area (Å²) >= 11 is 7.85. The van der Waals surface area contributed by atoms with Gasteiger partial charge in [0.2, 0.25) is 5.91 Å². The Kier molecular flexibility index (Phi) is 7.17. The van der Waals surface area contributed by atoms with E-state index in [-0.39, 0.29) is 5.91 Å². The molecule has 5 heteroatoms. The Hall–Kier alpha value is -1.36. The van der Waals surface area contributed by atoms with Crippen LogP contribution in [0.15, 0.2) is 41.8 Å². The molecule has 1 unspecified atom stereocenters. The molecule has 1 saturated heterocycles. The second-order valence-corrected chi connectivity index (χ2v) is 10.7. The molecule has 1 aliphatic heterocycles. The standard InChI is InChI=1S/C25H33ClN2OS/c26-21-10-8-19(9-11-21)17-23(27)24(29)28-14-12-25(13-15-28,18-22-7-4-16-30-22)20-5-2-1-3-6-20/h4,7-11,16,20,23H,1-3,5-6,12-15,17-18,27H2. The number of halogens is 1. The van der Waals surface area contributed by atoms with Gasteiger partial charge >= 0.3 is 0 Å². The molecule has 0 radical (unpaired) electrons. The van der Waals surface area contributed by atoms with E-state index in [0.29, 0.717) is 16.9 Å². The molecule has 162 valence electrons. The van der Waals surface area contributed by atoms with Gasteiger partial charge in [-0.1, -0.05) is 49.1 Å². The van der Waals surface area contributed by atoms with Crippen molar-refractivity contribution in [3.8, 4) is 0 Å². The van der Waals surface area contributed by atoms with Gasteiger partial charge in [0.25, 0.3) is 0 Å². The summed E-state index contributed by atoms with van der Waals surface area (Å²) in [4.78, 5) is 16.6. The first-order chi connectivity index (χ1) is 14.6. The van der Waals surface area contributed by atoms with E-state index >= 15 is 0 Å². The number of amides is 1. The van der Waals surface area contributed by atoms with Gasteiger partial charge in [0.1, 0.15) is 0 Å². The zero-order valence-electron chi connectivity index (χ0n) is 17.7. The van der Waals surface area contributed by atoms with E-state index in [9.17, 15) is 4.79 Å². The van der Waals surface area contributed by atoms with E-state index < -0.39 is 6.04 Å². The number of carbonyl (C=O) groups excluding carboxylic acids is 1. The zero-order valence-corrected chi connectivity index (χ0v) is 19.3. The highest BCUT2D eigenvalue weighted by molar-refractivity contribution is 7.09. The Balaban J connectivity index is 1.40. The first kappa shape index (κ1) is 21.9. The fourth-order valence-corrected chi connectivity index (χ4v) is 6.56. The van der Waals surface area contributed by atoms with Crippen molar-refractivity contribution in [1.82, 2.24) is 4.90 Å². The van der Waals surface area contributed by atoms with Gasteiger partial charge in [0.15, 0.2) is 0 Å². The highest BCUT2D eigenvalue weighted by Crippen LogP contribution is 2.48. The van der Waals surface area contributed by atoms with Gasteiger partial charge in [-0.3, -0.25) is 4.79 Å². The Morgan fingerprint density at radius 1 is 1.13 bits per heavy atom. The molecule has 0 spiro atoms. The lowest BCUT2D eigenvalue weighted by molar-refractivity contribution is -0.135. The molecule has 1 aromatic carbocycles. The number of nitrogens with zero attached hydrogens (tertiary/aromatic N) is 1. The summed E-state index contributed by atoms with van der Waals surface area (Å²) in [5, 5.41) is 2.90. The number of nitrogens with two attached hydrogens (primary N) is 1. The van der Waals surface area contributed by atoms with E-state index in [1.165, 1.54) is 43.4 Å². The molecular formula is C25H33ClN2OS. The van der Waals surface area contributed by atoms with Crippen LogP contribution in [-0.2, 0) is 17.6 Å². The summed E-state index contributed by atoms with van der Waals surface area (Å²) in [6, 6.07) is 11.6. The van der Waals surface area contributed by atoms with Crippen molar-refractivity contribution in [2.24, 2.45) is 17.1 Å². The van der Waals surface area contributed by atoms with Crippen molar-refractivity contribution in [2.45, 2.75) is 63.8 Å². The number of carbonyl (C=O) groups is 1. The molecule has 30 heavy (non-hydrogen) atoms. The number of likely N-dealkylation sites (tertiary alicyclic amines) is 1. The number of thiophene rings is 1. The molecule has 3 nitrogen and oxygen atoms in total. The van der Waals surface area contributed by atoms with Crippen LogP contribution in [0.4, 0.5) is 0 Å². The van der Waals surface area contributed by atoms with Crippen molar-refractivity contribution >= 4 is 28.8 Å². The predicted molar refractivity (Wildman–Crippen MR) is 126 cm³/mol. The fraction of sp³-hybridized carbons (Fsp3) is 0.560. The van der Waals surface area contributed by atoms with Gasteiger partial charge in [-0.2, -0.15) is 0 Å².